The molecule has 0 saturated carbocycles. The van der Waals surface area contributed by atoms with Crippen molar-refractivity contribution in [1.29, 1.82) is 0 Å². The predicted octanol–water partition coefficient (Wildman–Crippen LogP) is 3.45. The van der Waals surface area contributed by atoms with Crippen LogP contribution in [0.3, 0.4) is 0 Å². The summed E-state index contributed by atoms with van der Waals surface area (Å²) < 4.78 is 13.9. The smallest absolute Gasteiger partial charge is 0.128 e. The van der Waals surface area contributed by atoms with Gasteiger partial charge in [-0.1, -0.05) is 36.4 Å². The van der Waals surface area contributed by atoms with E-state index in [2.05, 4.69) is 5.32 Å². The molecule has 2 rings (SSSR count). The fourth-order valence-electron chi connectivity index (χ4n) is 2.11. The second-order valence-electron chi connectivity index (χ2n) is 4.91. The molecule has 1 unspecified atom stereocenters. The third-order valence-corrected chi connectivity index (χ3v) is 3.34. The van der Waals surface area contributed by atoms with E-state index in [1.165, 1.54) is 6.07 Å². The first-order chi connectivity index (χ1) is 9.07. The van der Waals surface area contributed by atoms with E-state index in [0.29, 0.717) is 5.56 Å². The minimum absolute atomic E-state index is 0.192. The molecule has 2 aromatic rings. The number of anilines is 1. The lowest BCUT2D eigenvalue weighted by molar-refractivity contribution is 0.220. The van der Waals surface area contributed by atoms with Gasteiger partial charge in [0, 0.05) is 11.3 Å². The van der Waals surface area contributed by atoms with Crippen LogP contribution >= 0.6 is 0 Å². The molecule has 100 valence electrons. The largest absolute Gasteiger partial charge is 0.394 e. The van der Waals surface area contributed by atoms with E-state index in [1.54, 1.807) is 25.1 Å². The Bertz CT molecular complexity index is 570. The molecule has 0 fully saturated rings. The van der Waals surface area contributed by atoms with E-state index in [-0.39, 0.29) is 12.4 Å². The number of rotatable bonds is 4. The zero-order valence-corrected chi connectivity index (χ0v) is 11.2. The number of halogens is 1. The lowest BCUT2D eigenvalue weighted by Crippen LogP contribution is -2.37. The minimum atomic E-state index is -0.850. The highest BCUT2D eigenvalue weighted by atomic mass is 19.1. The van der Waals surface area contributed by atoms with Crippen LogP contribution in [0.4, 0.5) is 10.1 Å². The molecule has 2 nitrogen and oxygen atoms in total. The number of hydrogen-bond donors (Lipinski definition) is 2. The standard InChI is InChI=1S/C16H18FNO/c1-12-7-3-6-10-15(12)18-16(2,11-19)13-8-4-5-9-14(13)17/h3-10,18-19H,11H2,1-2H3. The summed E-state index contributed by atoms with van der Waals surface area (Å²) in [6, 6.07) is 14.3. The molecular weight excluding hydrogens is 241 g/mol. The van der Waals surface area contributed by atoms with Crippen LogP contribution in [-0.2, 0) is 5.54 Å². The van der Waals surface area contributed by atoms with Crippen LogP contribution in [0.2, 0.25) is 0 Å². The highest BCUT2D eigenvalue weighted by molar-refractivity contribution is 5.53. The molecule has 2 N–H and O–H groups in total. The number of nitrogens with one attached hydrogen (secondary N) is 1. The monoisotopic (exact) mass is 259 g/mol. The van der Waals surface area contributed by atoms with Gasteiger partial charge in [-0.05, 0) is 31.5 Å². The number of hydrogen-bond acceptors (Lipinski definition) is 2. The van der Waals surface area contributed by atoms with Crippen molar-refractivity contribution in [2.75, 3.05) is 11.9 Å². The Kier molecular flexibility index (Phi) is 3.86. The Hall–Kier alpha value is -1.87. The molecule has 2 aromatic carbocycles. The minimum Gasteiger partial charge on any atom is -0.394 e. The number of aryl methyl sites for hydroxylation is 1. The molecule has 0 aliphatic carbocycles. The molecule has 0 heterocycles. The van der Waals surface area contributed by atoms with Gasteiger partial charge in [-0.15, -0.1) is 0 Å². The topological polar surface area (TPSA) is 32.3 Å². The van der Waals surface area contributed by atoms with Gasteiger partial charge in [0.1, 0.15) is 5.82 Å². The third kappa shape index (κ3) is 2.76. The molecule has 3 heteroatoms. The van der Waals surface area contributed by atoms with Crippen molar-refractivity contribution < 1.29 is 9.50 Å². The van der Waals surface area contributed by atoms with Crippen LogP contribution in [0, 0.1) is 12.7 Å². The molecule has 0 aliphatic heterocycles. The maximum Gasteiger partial charge on any atom is 0.128 e. The van der Waals surface area contributed by atoms with Gasteiger partial charge in [0.05, 0.1) is 12.1 Å². The van der Waals surface area contributed by atoms with Gasteiger partial charge in [0.25, 0.3) is 0 Å². The van der Waals surface area contributed by atoms with Gasteiger partial charge < -0.3 is 10.4 Å². The summed E-state index contributed by atoms with van der Waals surface area (Å²) in [7, 11) is 0. The molecule has 19 heavy (non-hydrogen) atoms. The molecule has 1 atom stereocenters. The summed E-state index contributed by atoms with van der Waals surface area (Å²) in [4.78, 5) is 0. The Morgan fingerprint density at radius 2 is 1.74 bits per heavy atom. The van der Waals surface area contributed by atoms with Gasteiger partial charge >= 0.3 is 0 Å². The van der Waals surface area contributed by atoms with Crippen molar-refractivity contribution in [2.45, 2.75) is 19.4 Å². The molecular formula is C16H18FNO. The zero-order valence-electron chi connectivity index (χ0n) is 11.2. The van der Waals surface area contributed by atoms with E-state index in [9.17, 15) is 9.50 Å². The molecule has 0 bridgehead atoms. The van der Waals surface area contributed by atoms with Crippen molar-refractivity contribution in [3.63, 3.8) is 0 Å². The maximum absolute atomic E-state index is 13.9. The third-order valence-electron chi connectivity index (χ3n) is 3.34. The highest BCUT2D eigenvalue weighted by Gasteiger charge is 2.28. The fourth-order valence-corrected chi connectivity index (χ4v) is 2.11. The summed E-state index contributed by atoms with van der Waals surface area (Å²) in [5, 5.41) is 12.9. The van der Waals surface area contributed by atoms with Gasteiger partial charge in [-0.3, -0.25) is 0 Å². The summed E-state index contributed by atoms with van der Waals surface area (Å²) in [6.07, 6.45) is 0. The lowest BCUT2D eigenvalue weighted by Gasteiger charge is -2.31. The normalized spacial score (nSPS) is 13.9. The Morgan fingerprint density at radius 1 is 1.11 bits per heavy atom. The first-order valence-corrected chi connectivity index (χ1v) is 6.26. The van der Waals surface area contributed by atoms with Gasteiger partial charge in [0.2, 0.25) is 0 Å². The molecule has 0 spiro atoms. The average molecular weight is 259 g/mol. The van der Waals surface area contributed by atoms with Crippen LogP contribution in [-0.4, -0.2) is 11.7 Å². The number of aliphatic hydroxyl groups is 1. The van der Waals surface area contributed by atoms with E-state index in [1.807, 2.05) is 31.2 Å². The number of para-hydroxylation sites is 1. The highest BCUT2D eigenvalue weighted by Crippen LogP contribution is 2.29. The molecule has 0 aliphatic rings. The van der Waals surface area contributed by atoms with Gasteiger partial charge in [-0.2, -0.15) is 0 Å². The van der Waals surface area contributed by atoms with Crippen LogP contribution in [0.1, 0.15) is 18.1 Å². The molecule has 0 amide bonds. The summed E-state index contributed by atoms with van der Waals surface area (Å²) in [5.41, 5.74) is 1.55. The maximum atomic E-state index is 13.9. The van der Waals surface area contributed by atoms with Crippen molar-refractivity contribution in [1.82, 2.24) is 0 Å². The Morgan fingerprint density at radius 3 is 2.37 bits per heavy atom. The van der Waals surface area contributed by atoms with Crippen LogP contribution < -0.4 is 5.32 Å². The van der Waals surface area contributed by atoms with E-state index < -0.39 is 5.54 Å². The zero-order chi connectivity index (χ0) is 13.9. The molecule has 0 aromatic heterocycles. The van der Waals surface area contributed by atoms with Crippen LogP contribution in [0.25, 0.3) is 0 Å². The number of aliphatic hydroxyl groups excluding tert-OH is 1. The van der Waals surface area contributed by atoms with E-state index >= 15 is 0 Å². The van der Waals surface area contributed by atoms with Crippen molar-refractivity contribution in [2.24, 2.45) is 0 Å². The lowest BCUT2D eigenvalue weighted by atomic mass is 9.91. The Balaban J connectivity index is 2.39. The van der Waals surface area contributed by atoms with Crippen molar-refractivity contribution in [3.05, 3.63) is 65.5 Å². The quantitative estimate of drug-likeness (QED) is 0.881. The summed E-state index contributed by atoms with van der Waals surface area (Å²) in [6.45, 7) is 3.57. The SMILES string of the molecule is Cc1ccccc1NC(C)(CO)c1ccccc1F. The first kappa shape index (κ1) is 13.6. The van der Waals surface area contributed by atoms with Gasteiger partial charge in [-0.25, -0.2) is 4.39 Å². The van der Waals surface area contributed by atoms with Crippen molar-refractivity contribution >= 4 is 5.69 Å². The Labute approximate surface area is 112 Å². The summed E-state index contributed by atoms with van der Waals surface area (Å²) in [5.74, 6) is -0.319. The first-order valence-electron chi connectivity index (χ1n) is 6.26. The van der Waals surface area contributed by atoms with E-state index in [4.69, 9.17) is 0 Å². The molecule has 0 radical (unpaired) electrons. The second-order valence-corrected chi connectivity index (χ2v) is 4.91. The van der Waals surface area contributed by atoms with Gasteiger partial charge in [0.15, 0.2) is 0 Å². The van der Waals surface area contributed by atoms with Crippen LogP contribution in [0.15, 0.2) is 48.5 Å². The summed E-state index contributed by atoms with van der Waals surface area (Å²) >= 11 is 0. The van der Waals surface area contributed by atoms with Crippen LogP contribution in [0.5, 0.6) is 0 Å². The average Bonchev–Trinajstić information content (AvgIpc) is 2.42. The molecule has 0 saturated heterocycles. The number of benzene rings is 2. The predicted molar refractivity (Wildman–Crippen MR) is 75.6 cm³/mol. The fraction of sp³-hybridized carbons (Fsp3) is 0.250. The second kappa shape index (κ2) is 5.41. The van der Waals surface area contributed by atoms with E-state index in [0.717, 1.165) is 11.3 Å². The van der Waals surface area contributed by atoms with Crippen molar-refractivity contribution in [3.8, 4) is 0 Å².